The molecule has 2 heterocycles. The van der Waals surface area contributed by atoms with Gasteiger partial charge in [0.25, 0.3) is 5.91 Å². The third kappa shape index (κ3) is 3.78. The lowest BCUT2D eigenvalue weighted by Gasteiger charge is -2.20. The van der Waals surface area contributed by atoms with Gasteiger partial charge in [-0.15, -0.1) is 0 Å². The minimum absolute atomic E-state index is 0.0198. The van der Waals surface area contributed by atoms with Gasteiger partial charge in [0.2, 0.25) is 17.7 Å². The quantitative estimate of drug-likeness (QED) is 0.698. The van der Waals surface area contributed by atoms with Crippen molar-refractivity contribution in [2.24, 2.45) is 11.7 Å². The molecular weight excluding hydrogens is 390 g/mol. The molecule has 1 aliphatic rings. The van der Waals surface area contributed by atoms with E-state index in [4.69, 9.17) is 14.9 Å². The minimum Gasteiger partial charge on any atom is -0.495 e. The normalized spacial score (nSPS) is 15.9. The first-order valence-corrected chi connectivity index (χ1v) is 9.34. The highest BCUT2D eigenvalue weighted by atomic mass is 16.5. The largest absolute Gasteiger partial charge is 0.495 e. The molecule has 1 fully saturated rings. The zero-order valence-corrected chi connectivity index (χ0v) is 17.2. The van der Waals surface area contributed by atoms with E-state index in [1.807, 2.05) is 19.1 Å². The van der Waals surface area contributed by atoms with Gasteiger partial charge in [-0.1, -0.05) is 6.07 Å². The summed E-state index contributed by atoms with van der Waals surface area (Å²) < 4.78 is 10.8. The van der Waals surface area contributed by atoms with Crippen LogP contribution in [0.3, 0.4) is 0 Å². The first-order valence-electron chi connectivity index (χ1n) is 9.34. The first-order chi connectivity index (χ1) is 14.1. The lowest BCUT2D eigenvalue weighted by molar-refractivity contribution is -0.122. The Morgan fingerprint density at radius 3 is 2.53 bits per heavy atom. The maximum absolute atomic E-state index is 12.8. The molecule has 0 aliphatic carbocycles. The maximum atomic E-state index is 12.8. The van der Waals surface area contributed by atoms with Crippen molar-refractivity contribution in [3.8, 4) is 5.75 Å². The van der Waals surface area contributed by atoms with Gasteiger partial charge < -0.3 is 19.8 Å². The number of benzene rings is 1. The number of hydrogen-bond donors (Lipinski definition) is 2. The molecule has 30 heavy (non-hydrogen) atoms. The summed E-state index contributed by atoms with van der Waals surface area (Å²) in [4.78, 5) is 50.6. The Bertz CT molecular complexity index is 1060. The number of furan rings is 1. The summed E-state index contributed by atoms with van der Waals surface area (Å²) in [5, 5.41) is 2.51. The van der Waals surface area contributed by atoms with E-state index < -0.39 is 23.5 Å². The SMILES string of the molecule is COc1ccc(C)cc1N1CC(C(=O)Nc2oc(C)c(C(C)=O)c2C(N)=O)CC1=O. The molecule has 9 heteroatoms. The van der Waals surface area contributed by atoms with Crippen LogP contribution in [0.2, 0.25) is 0 Å². The summed E-state index contributed by atoms with van der Waals surface area (Å²) in [5.41, 5.74) is 6.78. The molecule has 1 aromatic carbocycles. The standard InChI is InChI=1S/C21H23N3O6/c1-10-5-6-15(29-4)14(7-10)24-9-13(8-16(24)26)20(28)23-21-18(19(22)27)17(11(2)25)12(3)30-21/h5-7,13H,8-9H2,1-4H3,(H2,22,27)(H,23,28). The number of hydrogen-bond acceptors (Lipinski definition) is 6. The van der Waals surface area contributed by atoms with Gasteiger partial charge in [-0.3, -0.25) is 24.5 Å². The second kappa shape index (κ2) is 8.02. The molecule has 0 spiro atoms. The van der Waals surface area contributed by atoms with E-state index in [1.54, 1.807) is 6.07 Å². The number of ether oxygens (including phenoxy) is 1. The number of methoxy groups -OCH3 is 1. The molecule has 1 aromatic heterocycles. The van der Waals surface area contributed by atoms with Gasteiger partial charge >= 0.3 is 0 Å². The molecular formula is C21H23N3O6. The average Bonchev–Trinajstić information content (AvgIpc) is 3.21. The number of amides is 3. The summed E-state index contributed by atoms with van der Waals surface area (Å²) in [5.74, 6) is -2.19. The van der Waals surface area contributed by atoms with Crippen molar-refractivity contribution in [1.82, 2.24) is 0 Å². The fraction of sp³-hybridized carbons (Fsp3) is 0.333. The van der Waals surface area contributed by atoms with Crippen LogP contribution in [0.4, 0.5) is 11.6 Å². The van der Waals surface area contributed by atoms with Gasteiger partial charge in [-0.05, 0) is 38.5 Å². The van der Waals surface area contributed by atoms with Crippen LogP contribution in [0, 0.1) is 19.8 Å². The Morgan fingerprint density at radius 2 is 1.93 bits per heavy atom. The van der Waals surface area contributed by atoms with Crippen molar-refractivity contribution in [3.05, 3.63) is 40.6 Å². The van der Waals surface area contributed by atoms with Gasteiger partial charge in [0.1, 0.15) is 17.1 Å². The van der Waals surface area contributed by atoms with Crippen LogP contribution in [0.5, 0.6) is 5.75 Å². The molecule has 1 saturated heterocycles. The highest BCUT2D eigenvalue weighted by Crippen LogP contribution is 2.35. The van der Waals surface area contributed by atoms with Crippen LogP contribution < -0.4 is 20.7 Å². The van der Waals surface area contributed by atoms with Crippen molar-refractivity contribution in [2.75, 3.05) is 23.9 Å². The molecule has 3 amide bonds. The van der Waals surface area contributed by atoms with Crippen molar-refractivity contribution in [2.45, 2.75) is 27.2 Å². The van der Waals surface area contributed by atoms with E-state index >= 15 is 0 Å². The van der Waals surface area contributed by atoms with Crippen molar-refractivity contribution < 1.29 is 28.3 Å². The molecule has 0 bridgehead atoms. The summed E-state index contributed by atoms with van der Waals surface area (Å²) >= 11 is 0. The van der Waals surface area contributed by atoms with E-state index in [0.717, 1.165) is 5.56 Å². The number of carbonyl (C=O) groups is 4. The fourth-order valence-electron chi connectivity index (χ4n) is 3.63. The molecule has 1 unspecified atom stereocenters. The number of aryl methyl sites for hydroxylation is 2. The molecule has 1 aliphatic heterocycles. The number of rotatable bonds is 6. The summed E-state index contributed by atoms with van der Waals surface area (Å²) in [6, 6.07) is 5.45. The molecule has 0 radical (unpaired) electrons. The number of nitrogens with two attached hydrogens (primary N) is 1. The van der Waals surface area contributed by atoms with Crippen LogP contribution in [0.15, 0.2) is 22.6 Å². The molecule has 3 N–H and O–H groups in total. The number of ketones is 1. The summed E-state index contributed by atoms with van der Waals surface area (Å²) in [7, 11) is 1.51. The first kappa shape index (κ1) is 21.1. The number of primary amides is 1. The second-order valence-corrected chi connectivity index (χ2v) is 7.23. The molecule has 2 aromatic rings. The van der Waals surface area contributed by atoms with E-state index in [0.29, 0.717) is 11.4 Å². The van der Waals surface area contributed by atoms with Crippen LogP contribution in [0.1, 0.15) is 45.4 Å². The van der Waals surface area contributed by atoms with E-state index in [1.165, 1.54) is 25.9 Å². The van der Waals surface area contributed by atoms with Crippen LogP contribution in [-0.4, -0.2) is 37.2 Å². The topological polar surface area (TPSA) is 132 Å². The van der Waals surface area contributed by atoms with Crippen molar-refractivity contribution in [3.63, 3.8) is 0 Å². The molecule has 0 saturated carbocycles. The Kier molecular flexibility index (Phi) is 5.64. The summed E-state index contributed by atoms with van der Waals surface area (Å²) in [6.45, 7) is 4.81. The molecule has 9 nitrogen and oxygen atoms in total. The third-order valence-electron chi connectivity index (χ3n) is 5.04. The van der Waals surface area contributed by atoms with Gasteiger partial charge in [-0.2, -0.15) is 0 Å². The third-order valence-corrected chi connectivity index (χ3v) is 5.04. The Labute approximate surface area is 173 Å². The Hall–Kier alpha value is -3.62. The monoisotopic (exact) mass is 413 g/mol. The van der Waals surface area contributed by atoms with E-state index in [-0.39, 0.29) is 41.6 Å². The summed E-state index contributed by atoms with van der Waals surface area (Å²) in [6.07, 6.45) is -0.0198. The van der Waals surface area contributed by atoms with Crippen molar-refractivity contribution in [1.29, 1.82) is 0 Å². The molecule has 3 rings (SSSR count). The fourth-order valence-corrected chi connectivity index (χ4v) is 3.63. The minimum atomic E-state index is -0.888. The van der Waals surface area contributed by atoms with Gasteiger partial charge in [0.05, 0.1) is 24.3 Å². The number of nitrogens with one attached hydrogen (secondary N) is 1. The predicted molar refractivity (Wildman–Crippen MR) is 109 cm³/mol. The zero-order valence-electron chi connectivity index (χ0n) is 17.2. The number of anilines is 2. The molecule has 158 valence electrons. The van der Waals surface area contributed by atoms with Crippen LogP contribution in [0.25, 0.3) is 0 Å². The van der Waals surface area contributed by atoms with E-state index in [9.17, 15) is 19.2 Å². The average molecular weight is 413 g/mol. The van der Waals surface area contributed by atoms with Gasteiger partial charge in [-0.25, -0.2) is 0 Å². The highest BCUT2D eigenvalue weighted by molar-refractivity contribution is 6.12. The van der Waals surface area contributed by atoms with Crippen molar-refractivity contribution >= 4 is 35.1 Å². The van der Waals surface area contributed by atoms with E-state index in [2.05, 4.69) is 5.32 Å². The lowest BCUT2D eigenvalue weighted by atomic mass is 10.1. The highest BCUT2D eigenvalue weighted by Gasteiger charge is 2.37. The lowest BCUT2D eigenvalue weighted by Crippen LogP contribution is -2.29. The zero-order chi connectivity index (χ0) is 22.2. The second-order valence-electron chi connectivity index (χ2n) is 7.23. The Morgan fingerprint density at radius 1 is 1.23 bits per heavy atom. The number of nitrogens with zero attached hydrogens (tertiary/aromatic N) is 1. The Balaban J connectivity index is 1.84. The smallest absolute Gasteiger partial charge is 0.255 e. The van der Waals surface area contributed by atoms with Gasteiger partial charge in [0.15, 0.2) is 5.78 Å². The number of Topliss-reactive ketones (excluding diaryl/α,β-unsaturated/α-hetero) is 1. The predicted octanol–water partition coefficient (Wildman–Crippen LogP) is 2.20. The maximum Gasteiger partial charge on any atom is 0.255 e. The van der Waals surface area contributed by atoms with Crippen LogP contribution in [-0.2, 0) is 9.59 Å². The van der Waals surface area contributed by atoms with Crippen LogP contribution >= 0.6 is 0 Å². The molecule has 1 atom stereocenters. The van der Waals surface area contributed by atoms with Gasteiger partial charge in [0, 0.05) is 13.0 Å². The number of carbonyl (C=O) groups excluding carboxylic acids is 4.